The van der Waals surface area contributed by atoms with Crippen molar-refractivity contribution < 1.29 is 4.79 Å². The van der Waals surface area contributed by atoms with E-state index in [1.54, 1.807) is 0 Å². The van der Waals surface area contributed by atoms with Crippen molar-refractivity contribution in [1.29, 1.82) is 5.41 Å². The van der Waals surface area contributed by atoms with Gasteiger partial charge in [0.1, 0.15) is 11.5 Å². The first kappa shape index (κ1) is 30.2. The highest BCUT2D eigenvalue weighted by Crippen LogP contribution is 2.45. The maximum absolute atomic E-state index is 14.0. The van der Waals surface area contributed by atoms with E-state index in [9.17, 15) is 4.79 Å². The number of nitrogens with zero attached hydrogens (tertiary/aromatic N) is 5. The zero-order valence-electron chi connectivity index (χ0n) is 25.8. The molecule has 0 radical (unpaired) electrons. The zero-order chi connectivity index (χ0) is 29.9. The SMILES string of the molecule is C=NC/C(C1=C(C)CCCC1(C)C(=O)NC(=N)c1cc(N2CCNCC2)cc(N2CCN(CC3CC3)CC2)n1)=C(/C)N. The number of aliphatic imine (C=N–C) groups is 1. The first-order valence-corrected chi connectivity index (χ1v) is 15.6. The summed E-state index contributed by atoms with van der Waals surface area (Å²) in [5.74, 6) is 1.60. The van der Waals surface area contributed by atoms with E-state index in [0.29, 0.717) is 24.4 Å². The van der Waals surface area contributed by atoms with Gasteiger partial charge in [-0.3, -0.25) is 20.1 Å². The van der Waals surface area contributed by atoms with Crippen molar-refractivity contribution in [2.24, 2.45) is 22.1 Å². The van der Waals surface area contributed by atoms with Crippen molar-refractivity contribution in [2.75, 3.05) is 75.2 Å². The molecule has 1 amide bonds. The number of aromatic nitrogens is 1. The first-order valence-electron chi connectivity index (χ1n) is 15.6. The minimum atomic E-state index is -0.827. The van der Waals surface area contributed by atoms with Crippen LogP contribution in [-0.2, 0) is 4.79 Å². The number of nitrogens with one attached hydrogen (secondary N) is 3. The van der Waals surface area contributed by atoms with Gasteiger partial charge in [0, 0.05) is 76.4 Å². The molecule has 5 N–H and O–H groups in total. The summed E-state index contributed by atoms with van der Waals surface area (Å²) in [5, 5.41) is 15.5. The molecular formula is C32H49N9O. The lowest BCUT2D eigenvalue weighted by molar-refractivity contribution is -0.127. The Balaban J connectivity index is 1.39. The molecule has 228 valence electrons. The second-order valence-corrected chi connectivity index (χ2v) is 12.8. The van der Waals surface area contributed by atoms with Crippen LogP contribution in [0.1, 0.15) is 58.6 Å². The van der Waals surface area contributed by atoms with Gasteiger partial charge < -0.3 is 26.2 Å². The monoisotopic (exact) mass is 575 g/mol. The van der Waals surface area contributed by atoms with Crippen molar-refractivity contribution in [3.05, 3.63) is 40.2 Å². The minimum Gasteiger partial charge on any atom is -0.402 e. The van der Waals surface area contributed by atoms with E-state index < -0.39 is 5.41 Å². The summed E-state index contributed by atoms with van der Waals surface area (Å²) in [7, 11) is 0. The summed E-state index contributed by atoms with van der Waals surface area (Å²) in [6, 6.07) is 4.12. The van der Waals surface area contributed by atoms with Crippen molar-refractivity contribution >= 4 is 30.0 Å². The summed E-state index contributed by atoms with van der Waals surface area (Å²) in [6.45, 7) is 18.7. The topological polar surface area (TPSA) is 126 Å². The zero-order valence-corrected chi connectivity index (χ0v) is 25.8. The van der Waals surface area contributed by atoms with E-state index in [1.807, 2.05) is 19.9 Å². The van der Waals surface area contributed by atoms with Gasteiger partial charge in [0.2, 0.25) is 5.91 Å². The van der Waals surface area contributed by atoms with Gasteiger partial charge in [-0.1, -0.05) is 5.57 Å². The average Bonchev–Trinajstić information content (AvgIpc) is 3.81. The Morgan fingerprint density at radius 1 is 1.19 bits per heavy atom. The van der Waals surface area contributed by atoms with Gasteiger partial charge >= 0.3 is 0 Å². The number of pyridine rings is 1. The normalized spacial score (nSPS) is 24.4. The fraction of sp³-hybridized carbons (Fsp3) is 0.625. The van der Waals surface area contributed by atoms with Crippen LogP contribution in [0.3, 0.4) is 0 Å². The van der Waals surface area contributed by atoms with Gasteiger partial charge in [0.15, 0.2) is 5.84 Å². The van der Waals surface area contributed by atoms with E-state index in [-0.39, 0.29) is 11.7 Å². The summed E-state index contributed by atoms with van der Waals surface area (Å²) in [6.07, 6.45) is 5.23. The molecule has 1 unspecified atom stereocenters. The van der Waals surface area contributed by atoms with Crippen LogP contribution >= 0.6 is 0 Å². The van der Waals surface area contributed by atoms with Crippen LogP contribution in [0.15, 0.2) is 39.5 Å². The number of rotatable bonds is 9. The summed E-state index contributed by atoms with van der Waals surface area (Å²) in [4.78, 5) is 30.4. The Morgan fingerprint density at radius 2 is 1.90 bits per heavy atom. The van der Waals surface area contributed by atoms with Crippen molar-refractivity contribution in [3.63, 3.8) is 0 Å². The lowest BCUT2D eigenvalue weighted by Crippen LogP contribution is -2.48. The third-order valence-corrected chi connectivity index (χ3v) is 9.44. The molecular weight excluding hydrogens is 526 g/mol. The van der Waals surface area contributed by atoms with Gasteiger partial charge in [0.25, 0.3) is 0 Å². The molecule has 0 bridgehead atoms. The molecule has 1 saturated carbocycles. The number of hydrogen-bond donors (Lipinski definition) is 4. The third kappa shape index (κ3) is 6.70. The van der Waals surface area contributed by atoms with Crippen LogP contribution in [-0.4, -0.2) is 93.8 Å². The van der Waals surface area contributed by atoms with Crippen LogP contribution < -0.4 is 26.2 Å². The molecule has 2 aliphatic heterocycles. The molecule has 5 rings (SSSR count). The Kier molecular flexibility index (Phi) is 9.32. The van der Waals surface area contributed by atoms with Crippen LogP contribution in [0.25, 0.3) is 0 Å². The number of carbonyl (C=O) groups is 1. The van der Waals surface area contributed by atoms with Crippen molar-refractivity contribution in [2.45, 2.75) is 52.9 Å². The van der Waals surface area contributed by atoms with Gasteiger partial charge in [-0.25, -0.2) is 4.98 Å². The predicted octanol–water partition coefficient (Wildman–Crippen LogP) is 2.90. The van der Waals surface area contributed by atoms with E-state index in [1.165, 1.54) is 19.4 Å². The van der Waals surface area contributed by atoms with Gasteiger partial charge in [-0.2, -0.15) is 0 Å². The molecule has 10 heteroatoms. The molecule has 1 aromatic heterocycles. The lowest BCUT2D eigenvalue weighted by atomic mass is 9.67. The average molecular weight is 576 g/mol. The van der Waals surface area contributed by atoms with Crippen molar-refractivity contribution in [1.82, 2.24) is 20.5 Å². The highest BCUT2D eigenvalue weighted by atomic mass is 16.2. The predicted molar refractivity (Wildman–Crippen MR) is 172 cm³/mol. The summed E-state index contributed by atoms with van der Waals surface area (Å²) >= 11 is 0. The highest BCUT2D eigenvalue weighted by molar-refractivity contribution is 6.08. The molecule has 0 aromatic carbocycles. The Bertz CT molecular complexity index is 1250. The van der Waals surface area contributed by atoms with Gasteiger partial charge in [0.05, 0.1) is 12.0 Å². The number of amidine groups is 1. The molecule has 42 heavy (non-hydrogen) atoms. The highest BCUT2D eigenvalue weighted by Gasteiger charge is 2.42. The Morgan fingerprint density at radius 3 is 2.55 bits per heavy atom. The van der Waals surface area contributed by atoms with Gasteiger partial charge in [-0.15, -0.1) is 0 Å². The van der Waals surface area contributed by atoms with E-state index in [2.05, 4.69) is 50.0 Å². The van der Waals surface area contributed by atoms with Crippen LogP contribution in [0.5, 0.6) is 0 Å². The third-order valence-electron chi connectivity index (χ3n) is 9.44. The smallest absolute Gasteiger partial charge is 0.235 e. The van der Waals surface area contributed by atoms with Crippen LogP contribution in [0, 0.1) is 16.7 Å². The molecule has 3 heterocycles. The van der Waals surface area contributed by atoms with Crippen LogP contribution in [0.2, 0.25) is 0 Å². The largest absolute Gasteiger partial charge is 0.402 e. The molecule has 4 aliphatic rings. The Hall–Kier alpha value is -3.24. The summed E-state index contributed by atoms with van der Waals surface area (Å²) in [5.41, 5.74) is 10.6. The lowest BCUT2D eigenvalue weighted by Gasteiger charge is -2.38. The van der Waals surface area contributed by atoms with E-state index >= 15 is 0 Å². The quantitative estimate of drug-likeness (QED) is 0.264. The van der Waals surface area contributed by atoms with E-state index in [0.717, 1.165) is 99.3 Å². The summed E-state index contributed by atoms with van der Waals surface area (Å²) < 4.78 is 0. The minimum absolute atomic E-state index is 0.0336. The maximum atomic E-state index is 14.0. The fourth-order valence-electron chi connectivity index (χ4n) is 6.80. The second-order valence-electron chi connectivity index (χ2n) is 12.8. The number of anilines is 2. The molecule has 1 atom stereocenters. The van der Waals surface area contributed by atoms with E-state index in [4.69, 9.17) is 16.1 Å². The first-order chi connectivity index (χ1) is 20.2. The molecule has 1 aromatic rings. The number of amides is 1. The Labute approximate surface area is 251 Å². The standard InChI is InChI=1S/C32H49N9O/c1-22-6-5-9-32(3,29(22)26(20-35-4)23(2)33)31(42)38-30(34)27-18-25(40-12-10-36-11-13-40)19-28(37-27)41-16-14-39(15-17-41)21-24-7-8-24/h18-19,24,36H,4-17,20-21,33H2,1-3H3,(H2,34,38,42)/b26-23+. The fourth-order valence-corrected chi connectivity index (χ4v) is 6.80. The maximum Gasteiger partial charge on any atom is 0.235 e. The molecule has 3 fully saturated rings. The van der Waals surface area contributed by atoms with Crippen LogP contribution in [0.4, 0.5) is 11.5 Å². The molecule has 2 aliphatic carbocycles. The molecule has 0 spiro atoms. The number of carbonyl (C=O) groups excluding carboxylic acids is 1. The number of allylic oxidation sites excluding steroid dienone is 2. The number of nitrogens with two attached hydrogens (primary N) is 1. The second kappa shape index (κ2) is 13.0. The van der Waals surface area contributed by atoms with Gasteiger partial charge in [-0.05, 0) is 82.7 Å². The molecule has 2 saturated heterocycles. The molecule has 10 nitrogen and oxygen atoms in total. The number of piperazine rings is 2. The number of hydrogen-bond acceptors (Lipinski definition) is 9. The van der Waals surface area contributed by atoms with Crippen molar-refractivity contribution in [3.8, 4) is 0 Å².